The predicted octanol–water partition coefficient (Wildman–Crippen LogP) is 0.563. The second-order valence-electron chi connectivity index (χ2n) is 5.50. The Morgan fingerprint density at radius 3 is 2.60 bits per heavy atom. The SMILES string of the molecule is CC(C1CCOC1)N1CC2CNCC2C1. The van der Waals surface area contributed by atoms with Gasteiger partial charge in [0.05, 0.1) is 6.61 Å². The van der Waals surface area contributed by atoms with E-state index in [1.807, 2.05) is 0 Å². The van der Waals surface area contributed by atoms with Gasteiger partial charge in [-0.3, -0.25) is 4.90 Å². The van der Waals surface area contributed by atoms with Crippen LogP contribution in [0, 0.1) is 17.8 Å². The minimum absolute atomic E-state index is 0.734. The first-order valence-electron chi connectivity index (χ1n) is 6.37. The molecule has 3 aliphatic heterocycles. The summed E-state index contributed by atoms with van der Waals surface area (Å²) in [5.74, 6) is 2.64. The van der Waals surface area contributed by atoms with E-state index in [0.29, 0.717) is 0 Å². The highest BCUT2D eigenvalue weighted by atomic mass is 16.5. The minimum atomic E-state index is 0.734. The van der Waals surface area contributed by atoms with Gasteiger partial charge in [0.15, 0.2) is 0 Å². The summed E-state index contributed by atoms with van der Waals surface area (Å²) in [6, 6.07) is 0.734. The van der Waals surface area contributed by atoms with Crippen LogP contribution in [0.5, 0.6) is 0 Å². The lowest BCUT2D eigenvalue weighted by molar-refractivity contribution is 0.140. The maximum atomic E-state index is 5.49. The summed E-state index contributed by atoms with van der Waals surface area (Å²) in [5.41, 5.74) is 0. The van der Waals surface area contributed by atoms with Crippen molar-refractivity contribution in [3.05, 3.63) is 0 Å². The zero-order valence-electron chi connectivity index (χ0n) is 9.61. The quantitative estimate of drug-likeness (QED) is 0.721. The number of hydrogen-bond donors (Lipinski definition) is 1. The highest BCUT2D eigenvalue weighted by Gasteiger charge is 2.39. The zero-order chi connectivity index (χ0) is 10.3. The van der Waals surface area contributed by atoms with Crippen molar-refractivity contribution in [2.24, 2.45) is 17.8 Å². The molecule has 3 fully saturated rings. The molecule has 0 saturated carbocycles. The second-order valence-corrected chi connectivity index (χ2v) is 5.50. The van der Waals surface area contributed by atoms with Gasteiger partial charge in [0, 0.05) is 25.7 Å². The lowest BCUT2D eigenvalue weighted by Crippen LogP contribution is -2.38. The summed E-state index contributed by atoms with van der Waals surface area (Å²) in [4.78, 5) is 2.70. The van der Waals surface area contributed by atoms with Gasteiger partial charge < -0.3 is 10.1 Å². The summed E-state index contributed by atoms with van der Waals surface area (Å²) < 4.78 is 5.49. The smallest absolute Gasteiger partial charge is 0.0509 e. The highest BCUT2D eigenvalue weighted by Crippen LogP contribution is 2.31. The van der Waals surface area contributed by atoms with Crippen molar-refractivity contribution in [1.29, 1.82) is 0 Å². The monoisotopic (exact) mass is 210 g/mol. The third kappa shape index (κ3) is 1.81. The van der Waals surface area contributed by atoms with Crippen LogP contribution in [0.15, 0.2) is 0 Å². The van der Waals surface area contributed by atoms with E-state index in [2.05, 4.69) is 17.1 Å². The first kappa shape index (κ1) is 10.1. The summed E-state index contributed by atoms with van der Waals surface area (Å²) in [7, 11) is 0. The largest absolute Gasteiger partial charge is 0.381 e. The topological polar surface area (TPSA) is 24.5 Å². The van der Waals surface area contributed by atoms with Crippen LogP contribution in [-0.2, 0) is 4.74 Å². The third-order valence-electron chi connectivity index (χ3n) is 4.64. The zero-order valence-corrected chi connectivity index (χ0v) is 9.61. The lowest BCUT2D eigenvalue weighted by atomic mass is 9.99. The van der Waals surface area contributed by atoms with Crippen molar-refractivity contribution >= 4 is 0 Å². The molecule has 1 N–H and O–H groups in total. The number of nitrogens with one attached hydrogen (secondary N) is 1. The normalized spacial score (nSPS) is 43.4. The Labute approximate surface area is 92.2 Å². The molecule has 3 saturated heterocycles. The van der Waals surface area contributed by atoms with Crippen LogP contribution >= 0.6 is 0 Å². The van der Waals surface area contributed by atoms with Crippen LogP contribution < -0.4 is 5.32 Å². The first-order valence-corrected chi connectivity index (χ1v) is 6.37. The average Bonchev–Trinajstić information content (AvgIpc) is 2.92. The maximum absolute atomic E-state index is 5.49. The summed E-state index contributed by atoms with van der Waals surface area (Å²) >= 11 is 0. The molecule has 4 atom stereocenters. The molecule has 86 valence electrons. The lowest BCUT2D eigenvalue weighted by Gasteiger charge is -2.29. The van der Waals surface area contributed by atoms with Gasteiger partial charge in [0.2, 0.25) is 0 Å². The first-order chi connectivity index (χ1) is 7.34. The van der Waals surface area contributed by atoms with E-state index >= 15 is 0 Å². The maximum Gasteiger partial charge on any atom is 0.0509 e. The number of nitrogens with zero attached hydrogens (tertiary/aromatic N) is 1. The summed E-state index contributed by atoms with van der Waals surface area (Å²) in [6.45, 7) is 9.49. The van der Waals surface area contributed by atoms with E-state index in [4.69, 9.17) is 4.74 Å². The molecule has 0 aromatic heterocycles. The Hall–Kier alpha value is -0.120. The minimum Gasteiger partial charge on any atom is -0.381 e. The van der Waals surface area contributed by atoms with Gasteiger partial charge in [0.25, 0.3) is 0 Å². The number of rotatable bonds is 2. The van der Waals surface area contributed by atoms with Gasteiger partial charge in [-0.15, -0.1) is 0 Å². The molecule has 3 rings (SSSR count). The van der Waals surface area contributed by atoms with E-state index in [-0.39, 0.29) is 0 Å². The molecule has 3 heterocycles. The fourth-order valence-electron chi connectivity index (χ4n) is 3.46. The molecule has 3 nitrogen and oxygen atoms in total. The fourth-order valence-corrected chi connectivity index (χ4v) is 3.46. The molecule has 15 heavy (non-hydrogen) atoms. The van der Waals surface area contributed by atoms with E-state index in [0.717, 1.165) is 37.0 Å². The van der Waals surface area contributed by atoms with E-state index < -0.39 is 0 Å². The van der Waals surface area contributed by atoms with E-state index in [1.54, 1.807) is 0 Å². The van der Waals surface area contributed by atoms with Crippen LogP contribution in [0.3, 0.4) is 0 Å². The fraction of sp³-hybridized carbons (Fsp3) is 1.00. The van der Waals surface area contributed by atoms with Crippen molar-refractivity contribution in [3.8, 4) is 0 Å². The van der Waals surface area contributed by atoms with Crippen molar-refractivity contribution < 1.29 is 4.74 Å². The van der Waals surface area contributed by atoms with Crippen molar-refractivity contribution in [3.63, 3.8) is 0 Å². The molecule has 3 heteroatoms. The van der Waals surface area contributed by atoms with E-state index in [1.165, 1.54) is 32.6 Å². The van der Waals surface area contributed by atoms with Crippen molar-refractivity contribution in [1.82, 2.24) is 10.2 Å². The molecule has 0 amide bonds. The Morgan fingerprint density at radius 2 is 2.00 bits per heavy atom. The van der Waals surface area contributed by atoms with Gasteiger partial charge in [0.1, 0.15) is 0 Å². The molecule has 0 aromatic carbocycles. The molecule has 0 spiro atoms. The molecular formula is C12H22N2O. The van der Waals surface area contributed by atoms with Crippen LogP contribution in [-0.4, -0.2) is 50.3 Å². The van der Waals surface area contributed by atoms with Crippen LogP contribution in [0.2, 0.25) is 0 Å². The van der Waals surface area contributed by atoms with Crippen LogP contribution in [0.25, 0.3) is 0 Å². The van der Waals surface area contributed by atoms with Crippen molar-refractivity contribution in [2.45, 2.75) is 19.4 Å². The Balaban J connectivity index is 1.59. The molecule has 0 aliphatic carbocycles. The van der Waals surface area contributed by atoms with Crippen LogP contribution in [0.1, 0.15) is 13.3 Å². The number of fused-ring (bicyclic) bond motifs is 1. The molecular weight excluding hydrogens is 188 g/mol. The average molecular weight is 210 g/mol. The Bertz CT molecular complexity index is 216. The third-order valence-corrected chi connectivity index (χ3v) is 4.64. The van der Waals surface area contributed by atoms with Gasteiger partial charge in [-0.25, -0.2) is 0 Å². The Morgan fingerprint density at radius 1 is 1.27 bits per heavy atom. The van der Waals surface area contributed by atoms with Gasteiger partial charge >= 0.3 is 0 Å². The molecule has 0 aromatic rings. The van der Waals surface area contributed by atoms with Crippen molar-refractivity contribution in [2.75, 3.05) is 39.4 Å². The molecule has 0 bridgehead atoms. The van der Waals surface area contributed by atoms with Gasteiger partial charge in [-0.05, 0) is 44.2 Å². The summed E-state index contributed by atoms with van der Waals surface area (Å²) in [5, 5.41) is 3.50. The molecule has 0 radical (unpaired) electrons. The van der Waals surface area contributed by atoms with Gasteiger partial charge in [-0.2, -0.15) is 0 Å². The molecule has 4 unspecified atom stereocenters. The number of likely N-dealkylation sites (tertiary alicyclic amines) is 1. The summed E-state index contributed by atoms with van der Waals surface area (Å²) in [6.07, 6.45) is 1.27. The van der Waals surface area contributed by atoms with E-state index in [9.17, 15) is 0 Å². The second kappa shape index (κ2) is 4.04. The van der Waals surface area contributed by atoms with Gasteiger partial charge in [-0.1, -0.05) is 0 Å². The predicted molar refractivity (Wildman–Crippen MR) is 59.8 cm³/mol. The number of hydrogen-bond acceptors (Lipinski definition) is 3. The molecule has 3 aliphatic rings. The number of ether oxygens (including phenoxy) is 1. The standard InChI is InChI=1S/C12H22N2O/c1-9(10-2-3-15-8-10)14-6-11-4-13-5-12(11)7-14/h9-13H,2-8H2,1H3. The highest BCUT2D eigenvalue weighted by molar-refractivity contribution is 4.94. The van der Waals surface area contributed by atoms with Crippen LogP contribution in [0.4, 0.5) is 0 Å². The Kier molecular flexibility index (Phi) is 2.71.